The molecule has 8 heteroatoms. The second-order valence-corrected chi connectivity index (χ2v) is 5.59. The van der Waals surface area contributed by atoms with Crippen molar-refractivity contribution < 1.29 is 19.8 Å². The summed E-state index contributed by atoms with van der Waals surface area (Å²) in [5.74, 6) is -2.72. The average Bonchev–Trinajstić information content (AvgIpc) is 2.65. The molecule has 3 rings (SSSR count). The van der Waals surface area contributed by atoms with Crippen LogP contribution in [0.25, 0.3) is 22.2 Å². The summed E-state index contributed by atoms with van der Waals surface area (Å²) in [5.41, 5.74) is 0.344. The summed E-state index contributed by atoms with van der Waals surface area (Å²) in [7, 11) is 1.46. The van der Waals surface area contributed by atoms with Gasteiger partial charge in [-0.3, -0.25) is 19.4 Å². The lowest BCUT2D eigenvalue weighted by Gasteiger charge is -2.14. The van der Waals surface area contributed by atoms with Crippen molar-refractivity contribution in [2.24, 2.45) is 7.05 Å². The number of carboxylic acid groups (broad SMARTS) is 1. The molecule has 0 radical (unpaired) electrons. The summed E-state index contributed by atoms with van der Waals surface area (Å²) in [4.78, 5) is 39.7. The molecule has 3 aromatic rings. The minimum Gasteiger partial charge on any atom is -0.506 e. The second-order valence-electron chi connectivity index (χ2n) is 5.59. The monoisotopic (exact) mass is 353 g/mol. The van der Waals surface area contributed by atoms with Crippen LogP contribution in [-0.2, 0) is 11.8 Å². The van der Waals surface area contributed by atoms with Gasteiger partial charge in [-0.15, -0.1) is 0 Å². The Bertz CT molecular complexity index is 1070. The van der Waals surface area contributed by atoms with Gasteiger partial charge in [-0.2, -0.15) is 0 Å². The molecule has 0 aliphatic carbocycles. The molecule has 8 nitrogen and oxygen atoms in total. The van der Waals surface area contributed by atoms with Crippen LogP contribution in [-0.4, -0.2) is 38.2 Å². The zero-order chi connectivity index (χ0) is 18.8. The highest BCUT2D eigenvalue weighted by molar-refractivity contribution is 6.05. The molecule has 0 fully saturated rings. The van der Waals surface area contributed by atoms with Crippen molar-refractivity contribution in [2.45, 2.75) is 0 Å². The van der Waals surface area contributed by atoms with Gasteiger partial charge in [0.05, 0.1) is 11.2 Å². The third-order valence-electron chi connectivity index (χ3n) is 3.94. The third kappa shape index (κ3) is 2.88. The Hall–Kier alpha value is -3.68. The lowest BCUT2D eigenvalue weighted by atomic mass is 10.0. The number of hydrogen-bond donors (Lipinski definition) is 3. The van der Waals surface area contributed by atoms with Crippen LogP contribution in [0, 0.1) is 0 Å². The minimum atomic E-state index is -1.26. The van der Waals surface area contributed by atoms with Crippen molar-refractivity contribution in [1.29, 1.82) is 0 Å². The third-order valence-corrected chi connectivity index (χ3v) is 3.94. The minimum absolute atomic E-state index is 0.265. The zero-order valence-corrected chi connectivity index (χ0v) is 13.8. The van der Waals surface area contributed by atoms with Crippen LogP contribution in [0.15, 0.2) is 47.4 Å². The van der Waals surface area contributed by atoms with Crippen molar-refractivity contribution >= 4 is 22.8 Å². The van der Waals surface area contributed by atoms with E-state index in [2.05, 4.69) is 10.3 Å². The van der Waals surface area contributed by atoms with Gasteiger partial charge in [0.15, 0.2) is 0 Å². The van der Waals surface area contributed by atoms with Gasteiger partial charge in [0.1, 0.15) is 17.9 Å². The molecular formula is C18H15N3O5. The number of nitrogens with zero attached hydrogens (tertiary/aromatic N) is 2. The van der Waals surface area contributed by atoms with E-state index in [0.29, 0.717) is 11.2 Å². The molecule has 0 saturated heterocycles. The van der Waals surface area contributed by atoms with Gasteiger partial charge in [0.2, 0.25) is 0 Å². The van der Waals surface area contributed by atoms with Gasteiger partial charge in [-0.25, -0.2) is 0 Å². The summed E-state index contributed by atoms with van der Waals surface area (Å²) in [5, 5.41) is 21.5. The predicted molar refractivity (Wildman–Crippen MR) is 94.1 cm³/mol. The Labute approximate surface area is 147 Å². The molecule has 0 spiro atoms. The first kappa shape index (κ1) is 17.2. The molecule has 0 aliphatic rings. The molecule has 1 aromatic carbocycles. The lowest BCUT2D eigenvalue weighted by molar-refractivity contribution is -0.135. The number of amides is 1. The zero-order valence-electron chi connectivity index (χ0n) is 13.8. The maximum absolute atomic E-state index is 12.6. The van der Waals surface area contributed by atoms with Crippen LogP contribution < -0.4 is 10.9 Å². The lowest BCUT2D eigenvalue weighted by Crippen LogP contribution is -2.35. The highest BCUT2D eigenvalue weighted by atomic mass is 16.4. The SMILES string of the molecule is Cn1c(=O)c(C(=O)NCC(=O)O)c(O)c2ccnc(-c3ccccc3)c21. The Morgan fingerprint density at radius 3 is 2.54 bits per heavy atom. The highest BCUT2D eigenvalue weighted by Crippen LogP contribution is 2.31. The number of carboxylic acids is 1. The molecule has 3 N–H and O–H groups in total. The average molecular weight is 353 g/mol. The molecule has 0 aliphatic heterocycles. The number of nitrogens with one attached hydrogen (secondary N) is 1. The van der Waals surface area contributed by atoms with Crippen molar-refractivity contribution in [3.63, 3.8) is 0 Å². The molecule has 0 unspecified atom stereocenters. The number of carbonyl (C=O) groups excluding carboxylic acids is 1. The summed E-state index contributed by atoms with van der Waals surface area (Å²) in [6.45, 7) is -0.662. The normalized spacial score (nSPS) is 10.7. The summed E-state index contributed by atoms with van der Waals surface area (Å²) < 4.78 is 1.22. The van der Waals surface area contributed by atoms with E-state index in [1.807, 2.05) is 30.3 Å². The molecular weight excluding hydrogens is 338 g/mol. The van der Waals surface area contributed by atoms with E-state index < -0.39 is 35.3 Å². The van der Waals surface area contributed by atoms with Crippen molar-refractivity contribution in [3.8, 4) is 17.0 Å². The van der Waals surface area contributed by atoms with Gasteiger partial charge in [0.25, 0.3) is 11.5 Å². The molecule has 26 heavy (non-hydrogen) atoms. The number of hydrogen-bond acceptors (Lipinski definition) is 5. The Kier molecular flexibility index (Phi) is 4.40. The van der Waals surface area contributed by atoms with Crippen LogP contribution in [0.2, 0.25) is 0 Å². The van der Waals surface area contributed by atoms with E-state index in [4.69, 9.17) is 5.11 Å². The fourth-order valence-electron chi connectivity index (χ4n) is 2.75. The number of aryl methyl sites for hydroxylation is 1. The number of rotatable bonds is 4. The number of aliphatic carboxylic acids is 1. The molecule has 0 bridgehead atoms. The van der Waals surface area contributed by atoms with Crippen molar-refractivity contribution in [3.05, 3.63) is 58.5 Å². The number of pyridine rings is 2. The van der Waals surface area contributed by atoms with E-state index in [1.54, 1.807) is 0 Å². The Morgan fingerprint density at radius 2 is 1.88 bits per heavy atom. The molecule has 132 valence electrons. The standard InChI is InChI=1S/C18H15N3O5/c1-21-15-11(7-8-19-14(15)10-5-3-2-4-6-10)16(24)13(18(21)26)17(25)20-9-12(22)23/h2-8,24H,9H2,1H3,(H,20,25)(H,22,23). The molecule has 0 atom stereocenters. The number of benzene rings is 1. The van der Waals surface area contributed by atoms with Crippen LogP contribution >= 0.6 is 0 Å². The predicted octanol–water partition coefficient (Wildman–Crippen LogP) is 1.12. The van der Waals surface area contributed by atoms with Crippen LogP contribution in [0.1, 0.15) is 10.4 Å². The smallest absolute Gasteiger partial charge is 0.322 e. The molecule has 1 amide bonds. The van der Waals surface area contributed by atoms with E-state index >= 15 is 0 Å². The fraction of sp³-hybridized carbons (Fsp3) is 0.111. The molecule has 2 aromatic heterocycles. The van der Waals surface area contributed by atoms with Crippen LogP contribution in [0.3, 0.4) is 0 Å². The van der Waals surface area contributed by atoms with Gasteiger partial charge < -0.3 is 20.1 Å². The quantitative estimate of drug-likeness (QED) is 0.646. The maximum atomic E-state index is 12.6. The number of carbonyl (C=O) groups is 2. The van der Waals surface area contributed by atoms with Gasteiger partial charge in [0, 0.05) is 24.2 Å². The fourth-order valence-corrected chi connectivity index (χ4v) is 2.75. The number of aromatic nitrogens is 2. The van der Waals surface area contributed by atoms with Crippen LogP contribution in [0.5, 0.6) is 5.75 Å². The van der Waals surface area contributed by atoms with E-state index in [-0.39, 0.29) is 5.39 Å². The number of fused-ring (bicyclic) bond motifs is 1. The van der Waals surface area contributed by atoms with Crippen molar-refractivity contribution in [1.82, 2.24) is 14.9 Å². The summed E-state index contributed by atoms with van der Waals surface area (Å²) in [6.07, 6.45) is 1.47. The summed E-state index contributed by atoms with van der Waals surface area (Å²) in [6, 6.07) is 10.6. The van der Waals surface area contributed by atoms with E-state index in [9.17, 15) is 19.5 Å². The van der Waals surface area contributed by atoms with Crippen LogP contribution in [0.4, 0.5) is 0 Å². The highest BCUT2D eigenvalue weighted by Gasteiger charge is 2.23. The van der Waals surface area contributed by atoms with Gasteiger partial charge >= 0.3 is 5.97 Å². The van der Waals surface area contributed by atoms with Crippen molar-refractivity contribution in [2.75, 3.05) is 6.54 Å². The second kappa shape index (κ2) is 6.67. The first-order valence-electron chi connectivity index (χ1n) is 7.68. The molecule has 0 saturated carbocycles. The molecule has 2 heterocycles. The van der Waals surface area contributed by atoms with E-state index in [1.165, 1.54) is 23.9 Å². The summed E-state index contributed by atoms with van der Waals surface area (Å²) >= 11 is 0. The number of aromatic hydroxyl groups is 1. The first-order valence-corrected chi connectivity index (χ1v) is 7.68. The first-order chi connectivity index (χ1) is 12.4. The van der Waals surface area contributed by atoms with Gasteiger partial charge in [-0.1, -0.05) is 30.3 Å². The maximum Gasteiger partial charge on any atom is 0.322 e. The Morgan fingerprint density at radius 1 is 1.19 bits per heavy atom. The van der Waals surface area contributed by atoms with E-state index in [0.717, 1.165) is 5.56 Å². The Balaban J connectivity index is 2.26. The largest absolute Gasteiger partial charge is 0.506 e. The van der Waals surface area contributed by atoms with Gasteiger partial charge in [-0.05, 0) is 6.07 Å². The topological polar surface area (TPSA) is 122 Å².